The first-order valence-electron chi connectivity index (χ1n) is 5.59. The lowest BCUT2D eigenvalue weighted by Gasteiger charge is -2.09. The smallest absolute Gasteiger partial charge is 0.0951 e. The van der Waals surface area contributed by atoms with Crippen LogP contribution in [0.15, 0.2) is 42.2 Å². The first kappa shape index (κ1) is 11.0. The number of aromatic nitrogens is 2. The van der Waals surface area contributed by atoms with E-state index < -0.39 is 0 Å². The van der Waals surface area contributed by atoms with Gasteiger partial charge in [0.05, 0.1) is 23.3 Å². The maximum absolute atomic E-state index is 5.92. The van der Waals surface area contributed by atoms with Crippen LogP contribution in [0, 0.1) is 0 Å². The Kier molecular flexibility index (Phi) is 2.82. The van der Waals surface area contributed by atoms with Crippen molar-refractivity contribution in [3.8, 4) is 0 Å². The van der Waals surface area contributed by atoms with Crippen LogP contribution in [0.5, 0.6) is 0 Å². The van der Waals surface area contributed by atoms with Gasteiger partial charge in [0.1, 0.15) is 0 Å². The van der Waals surface area contributed by atoms with Crippen molar-refractivity contribution >= 4 is 33.6 Å². The van der Waals surface area contributed by atoms with Crippen LogP contribution in [-0.2, 0) is 6.54 Å². The number of benzene rings is 1. The molecule has 0 aliphatic rings. The van der Waals surface area contributed by atoms with E-state index in [2.05, 4.69) is 15.3 Å². The molecule has 0 aliphatic heterocycles. The van der Waals surface area contributed by atoms with Crippen LogP contribution in [0.1, 0.15) is 4.88 Å². The summed E-state index contributed by atoms with van der Waals surface area (Å²) in [4.78, 5) is 9.57. The van der Waals surface area contributed by atoms with E-state index in [-0.39, 0.29) is 0 Å². The van der Waals surface area contributed by atoms with Gasteiger partial charge < -0.3 is 11.1 Å². The van der Waals surface area contributed by atoms with Crippen LogP contribution in [0.2, 0.25) is 0 Å². The van der Waals surface area contributed by atoms with Crippen molar-refractivity contribution in [3.63, 3.8) is 0 Å². The first-order chi connectivity index (χ1) is 8.84. The molecule has 2 aromatic heterocycles. The first-order valence-corrected chi connectivity index (χ1v) is 6.47. The summed E-state index contributed by atoms with van der Waals surface area (Å²) in [6.07, 6.45) is 3.63. The summed E-state index contributed by atoms with van der Waals surface area (Å²) >= 11 is 1.64. The molecule has 4 nitrogen and oxygen atoms in total. The molecule has 3 rings (SSSR count). The maximum atomic E-state index is 5.92. The molecule has 0 saturated heterocycles. The third-order valence-electron chi connectivity index (χ3n) is 2.74. The van der Waals surface area contributed by atoms with Crippen molar-refractivity contribution in [1.82, 2.24) is 9.97 Å². The van der Waals surface area contributed by atoms with Crippen molar-refractivity contribution in [2.24, 2.45) is 0 Å². The van der Waals surface area contributed by atoms with Crippen molar-refractivity contribution < 1.29 is 0 Å². The number of anilines is 2. The second kappa shape index (κ2) is 4.62. The van der Waals surface area contributed by atoms with E-state index in [1.807, 2.05) is 36.0 Å². The fourth-order valence-electron chi connectivity index (χ4n) is 1.86. The van der Waals surface area contributed by atoms with Gasteiger partial charge in [-0.25, -0.2) is 0 Å². The van der Waals surface area contributed by atoms with Crippen molar-refractivity contribution in [3.05, 3.63) is 47.0 Å². The predicted molar refractivity (Wildman–Crippen MR) is 75.6 cm³/mol. The Morgan fingerprint density at radius 1 is 1.28 bits per heavy atom. The molecular weight excluding hydrogens is 244 g/mol. The van der Waals surface area contributed by atoms with Crippen molar-refractivity contribution in [2.45, 2.75) is 6.54 Å². The standard InChI is InChI=1S/C13H12N4S/c14-11-3-4-12(10-2-1-5-16-13(10)11)17-7-9-6-15-8-18-9/h1-6,8,17H,7,14H2. The van der Waals surface area contributed by atoms with E-state index in [0.29, 0.717) is 5.69 Å². The van der Waals surface area contributed by atoms with Gasteiger partial charge in [0.2, 0.25) is 0 Å². The van der Waals surface area contributed by atoms with Crippen LogP contribution in [0.3, 0.4) is 0 Å². The Bertz CT molecular complexity index is 664. The molecule has 0 fully saturated rings. The molecule has 3 aromatic rings. The van der Waals surface area contributed by atoms with Crippen molar-refractivity contribution in [1.29, 1.82) is 0 Å². The molecule has 0 bridgehead atoms. The predicted octanol–water partition coefficient (Wildman–Crippen LogP) is 2.89. The van der Waals surface area contributed by atoms with E-state index in [1.54, 1.807) is 17.5 Å². The van der Waals surface area contributed by atoms with Gasteiger partial charge >= 0.3 is 0 Å². The zero-order valence-electron chi connectivity index (χ0n) is 9.63. The Labute approximate surface area is 109 Å². The summed E-state index contributed by atoms with van der Waals surface area (Å²) in [5.74, 6) is 0. The summed E-state index contributed by atoms with van der Waals surface area (Å²) in [7, 11) is 0. The highest BCUT2D eigenvalue weighted by Crippen LogP contribution is 2.26. The van der Waals surface area contributed by atoms with Crippen LogP contribution >= 0.6 is 11.3 Å². The van der Waals surface area contributed by atoms with Crippen LogP contribution < -0.4 is 11.1 Å². The van der Waals surface area contributed by atoms with E-state index in [1.165, 1.54) is 4.88 Å². The Balaban J connectivity index is 1.94. The zero-order valence-corrected chi connectivity index (χ0v) is 10.4. The van der Waals surface area contributed by atoms with Gasteiger partial charge in [-0.15, -0.1) is 11.3 Å². The van der Waals surface area contributed by atoms with E-state index >= 15 is 0 Å². The van der Waals surface area contributed by atoms with E-state index in [4.69, 9.17) is 5.73 Å². The van der Waals surface area contributed by atoms with Crippen molar-refractivity contribution in [2.75, 3.05) is 11.1 Å². The lowest BCUT2D eigenvalue weighted by atomic mass is 10.1. The minimum Gasteiger partial charge on any atom is -0.397 e. The van der Waals surface area contributed by atoms with Gasteiger partial charge in [-0.05, 0) is 24.3 Å². The molecule has 0 spiro atoms. The average Bonchev–Trinajstić information content (AvgIpc) is 2.92. The molecule has 2 heterocycles. The summed E-state index contributed by atoms with van der Waals surface area (Å²) in [5.41, 5.74) is 10.3. The Morgan fingerprint density at radius 2 is 2.22 bits per heavy atom. The summed E-state index contributed by atoms with van der Waals surface area (Å²) in [6, 6.07) is 7.80. The lowest BCUT2D eigenvalue weighted by Crippen LogP contribution is -1.99. The normalized spacial score (nSPS) is 10.7. The number of pyridine rings is 1. The number of hydrogen-bond acceptors (Lipinski definition) is 5. The molecule has 5 heteroatoms. The average molecular weight is 256 g/mol. The highest BCUT2D eigenvalue weighted by Gasteiger charge is 2.04. The molecule has 0 saturated carbocycles. The SMILES string of the molecule is Nc1ccc(NCc2cncs2)c2cccnc12. The van der Waals surface area contributed by atoms with Gasteiger partial charge in [0.15, 0.2) is 0 Å². The fourth-order valence-corrected chi connectivity index (χ4v) is 2.39. The van der Waals surface area contributed by atoms with E-state index in [9.17, 15) is 0 Å². The largest absolute Gasteiger partial charge is 0.397 e. The van der Waals surface area contributed by atoms with Gasteiger partial charge in [-0.1, -0.05) is 0 Å². The minimum atomic E-state index is 0.703. The molecule has 0 aliphatic carbocycles. The molecule has 0 radical (unpaired) electrons. The minimum absolute atomic E-state index is 0.703. The molecule has 1 aromatic carbocycles. The van der Waals surface area contributed by atoms with Crippen LogP contribution in [0.4, 0.5) is 11.4 Å². The maximum Gasteiger partial charge on any atom is 0.0951 e. The number of nitrogen functional groups attached to an aromatic ring is 1. The van der Waals surface area contributed by atoms with Gasteiger partial charge in [0, 0.05) is 28.3 Å². The molecule has 3 N–H and O–H groups in total. The summed E-state index contributed by atoms with van der Waals surface area (Å²) in [5, 5.41) is 4.44. The summed E-state index contributed by atoms with van der Waals surface area (Å²) in [6.45, 7) is 0.762. The number of thiazole rings is 1. The summed E-state index contributed by atoms with van der Waals surface area (Å²) < 4.78 is 0. The van der Waals surface area contributed by atoms with Crippen LogP contribution in [0.25, 0.3) is 10.9 Å². The number of rotatable bonds is 3. The lowest BCUT2D eigenvalue weighted by molar-refractivity contribution is 1.18. The number of nitrogens with zero attached hydrogens (tertiary/aromatic N) is 2. The molecule has 0 unspecified atom stereocenters. The number of nitrogens with one attached hydrogen (secondary N) is 1. The molecule has 0 amide bonds. The highest BCUT2D eigenvalue weighted by molar-refractivity contribution is 7.09. The Morgan fingerprint density at radius 3 is 3.06 bits per heavy atom. The quantitative estimate of drug-likeness (QED) is 0.707. The highest BCUT2D eigenvalue weighted by atomic mass is 32.1. The van der Waals surface area contributed by atoms with Gasteiger partial charge in [-0.3, -0.25) is 9.97 Å². The number of fused-ring (bicyclic) bond motifs is 1. The molecular formula is C13H12N4S. The molecule has 0 atom stereocenters. The molecule has 18 heavy (non-hydrogen) atoms. The van der Waals surface area contributed by atoms with Gasteiger partial charge in [0.25, 0.3) is 0 Å². The topological polar surface area (TPSA) is 63.8 Å². The monoisotopic (exact) mass is 256 g/mol. The fraction of sp³-hybridized carbons (Fsp3) is 0.0769. The third kappa shape index (κ3) is 2.00. The Hall–Kier alpha value is -2.14. The third-order valence-corrected chi connectivity index (χ3v) is 3.52. The number of nitrogens with two attached hydrogens (primary N) is 1. The van der Waals surface area contributed by atoms with Gasteiger partial charge in [-0.2, -0.15) is 0 Å². The molecule has 90 valence electrons. The second-order valence-corrected chi connectivity index (χ2v) is 4.89. The number of hydrogen-bond donors (Lipinski definition) is 2. The zero-order chi connectivity index (χ0) is 12.4. The van der Waals surface area contributed by atoms with E-state index in [0.717, 1.165) is 23.1 Å². The van der Waals surface area contributed by atoms with Crippen LogP contribution in [-0.4, -0.2) is 9.97 Å². The second-order valence-electron chi connectivity index (χ2n) is 3.92.